The average molecular weight is 406 g/mol. The summed E-state index contributed by atoms with van der Waals surface area (Å²) in [7, 11) is -4.14. The van der Waals surface area contributed by atoms with E-state index >= 15 is 0 Å². The number of rotatable bonds is 5. The molecule has 29 heavy (non-hydrogen) atoms. The van der Waals surface area contributed by atoms with Crippen molar-refractivity contribution in [2.45, 2.75) is 6.54 Å². The summed E-state index contributed by atoms with van der Waals surface area (Å²) >= 11 is 0. The van der Waals surface area contributed by atoms with Crippen molar-refractivity contribution < 1.29 is 12.6 Å². The third kappa shape index (κ3) is 4.06. The fourth-order valence-electron chi connectivity index (χ4n) is 2.89. The van der Waals surface area contributed by atoms with Crippen molar-refractivity contribution >= 4 is 21.3 Å². The Kier molecular flexibility index (Phi) is 4.67. The van der Waals surface area contributed by atoms with E-state index in [1.54, 1.807) is 18.5 Å². The SMILES string of the molecule is N#Cc1ccc(Cn2cnc3ccccc32)nc1-c1ccc(OS(N)(=O)=O)cn1. The van der Waals surface area contributed by atoms with Gasteiger partial charge in [-0.05, 0) is 36.4 Å². The van der Waals surface area contributed by atoms with Crippen LogP contribution in [0.4, 0.5) is 0 Å². The van der Waals surface area contributed by atoms with Crippen LogP contribution >= 0.6 is 0 Å². The van der Waals surface area contributed by atoms with E-state index in [9.17, 15) is 13.7 Å². The van der Waals surface area contributed by atoms with E-state index in [1.165, 1.54) is 18.3 Å². The van der Waals surface area contributed by atoms with Crippen LogP contribution in [0.3, 0.4) is 0 Å². The van der Waals surface area contributed by atoms with Gasteiger partial charge in [0.25, 0.3) is 0 Å². The van der Waals surface area contributed by atoms with Crippen molar-refractivity contribution in [3.8, 4) is 23.2 Å². The van der Waals surface area contributed by atoms with E-state index < -0.39 is 10.3 Å². The molecule has 0 aliphatic heterocycles. The molecule has 0 aliphatic carbocycles. The lowest BCUT2D eigenvalue weighted by Gasteiger charge is -2.09. The first kappa shape index (κ1) is 18.5. The van der Waals surface area contributed by atoms with Gasteiger partial charge in [-0.2, -0.15) is 18.8 Å². The van der Waals surface area contributed by atoms with Gasteiger partial charge in [0.15, 0.2) is 5.75 Å². The summed E-state index contributed by atoms with van der Waals surface area (Å²) in [5.41, 5.74) is 3.71. The van der Waals surface area contributed by atoms with Gasteiger partial charge >= 0.3 is 10.3 Å². The van der Waals surface area contributed by atoms with E-state index in [4.69, 9.17) is 5.14 Å². The van der Waals surface area contributed by atoms with Gasteiger partial charge < -0.3 is 8.75 Å². The maximum absolute atomic E-state index is 11.0. The zero-order valence-electron chi connectivity index (χ0n) is 14.9. The molecule has 10 heteroatoms. The van der Waals surface area contributed by atoms with Crippen LogP contribution in [-0.2, 0) is 16.8 Å². The fourth-order valence-corrected chi connectivity index (χ4v) is 3.25. The zero-order chi connectivity index (χ0) is 20.4. The van der Waals surface area contributed by atoms with Crippen molar-refractivity contribution in [1.82, 2.24) is 19.5 Å². The largest absolute Gasteiger partial charge is 0.380 e. The zero-order valence-corrected chi connectivity index (χ0v) is 15.7. The molecule has 2 N–H and O–H groups in total. The highest BCUT2D eigenvalue weighted by Gasteiger charge is 2.12. The number of hydrogen-bond acceptors (Lipinski definition) is 7. The number of fused-ring (bicyclic) bond motifs is 1. The van der Waals surface area contributed by atoms with Gasteiger partial charge in [-0.1, -0.05) is 12.1 Å². The Morgan fingerprint density at radius 1 is 1.10 bits per heavy atom. The van der Waals surface area contributed by atoms with E-state index in [0.717, 1.165) is 11.0 Å². The Bertz CT molecular complexity index is 1340. The maximum atomic E-state index is 11.0. The Hall–Kier alpha value is -3.81. The molecule has 0 aliphatic rings. The molecule has 1 aromatic carbocycles. The molecule has 3 aromatic heterocycles. The molecule has 0 saturated carbocycles. The van der Waals surface area contributed by atoms with E-state index in [2.05, 4.69) is 25.2 Å². The van der Waals surface area contributed by atoms with Gasteiger partial charge in [-0.3, -0.25) is 4.98 Å². The minimum Gasteiger partial charge on any atom is -0.369 e. The Morgan fingerprint density at radius 2 is 1.93 bits per heavy atom. The highest BCUT2D eigenvalue weighted by molar-refractivity contribution is 7.84. The molecule has 0 amide bonds. The lowest BCUT2D eigenvalue weighted by atomic mass is 10.1. The fraction of sp³-hybridized carbons (Fsp3) is 0.0526. The van der Waals surface area contributed by atoms with Gasteiger partial charge in [0.05, 0.1) is 47.1 Å². The van der Waals surface area contributed by atoms with Crippen LogP contribution in [0.25, 0.3) is 22.4 Å². The highest BCUT2D eigenvalue weighted by atomic mass is 32.2. The molecule has 0 bridgehead atoms. The predicted octanol–water partition coefficient (Wildman–Crippen LogP) is 2.00. The number of para-hydroxylation sites is 2. The number of nitriles is 1. The van der Waals surface area contributed by atoms with Crippen LogP contribution in [0.5, 0.6) is 5.75 Å². The first-order chi connectivity index (χ1) is 13.9. The van der Waals surface area contributed by atoms with Crippen molar-refractivity contribution in [3.63, 3.8) is 0 Å². The van der Waals surface area contributed by atoms with Crippen molar-refractivity contribution in [2.24, 2.45) is 5.14 Å². The molecule has 4 aromatic rings. The quantitative estimate of drug-likeness (QED) is 0.535. The molecule has 4 rings (SSSR count). The summed E-state index contributed by atoms with van der Waals surface area (Å²) in [6, 6.07) is 16.2. The van der Waals surface area contributed by atoms with Crippen LogP contribution in [-0.4, -0.2) is 27.9 Å². The Labute approximate surface area is 166 Å². The number of nitrogens with zero attached hydrogens (tertiary/aromatic N) is 5. The maximum Gasteiger partial charge on any atom is 0.380 e. The van der Waals surface area contributed by atoms with Crippen molar-refractivity contribution in [1.29, 1.82) is 5.26 Å². The molecule has 9 nitrogen and oxygen atoms in total. The summed E-state index contributed by atoms with van der Waals surface area (Å²) < 4.78 is 28.6. The van der Waals surface area contributed by atoms with E-state index in [1.807, 2.05) is 28.8 Å². The molecular weight excluding hydrogens is 392 g/mol. The Balaban J connectivity index is 1.68. The second kappa shape index (κ2) is 7.31. The molecule has 144 valence electrons. The van der Waals surface area contributed by atoms with Crippen LogP contribution in [0.2, 0.25) is 0 Å². The minimum atomic E-state index is -4.14. The van der Waals surface area contributed by atoms with Gasteiger partial charge in [-0.25, -0.2) is 9.97 Å². The van der Waals surface area contributed by atoms with Crippen molar-refractivity contribution in [3.05, 3.63) is 72.3 Å². The standard InChI is InChI=1S/C19H14N6O3S/c20-9-13-5-6-14(11-25-12-23-16-3-1-2-4-18(16)25)24-19(13)17-8-7-15(10-22-17)28-29(21,26)27/h1-8,10,12H,11H2,(H2,21,26,27). The second-order valence-corrected chi connectivity index (χ2v) is 7.28. The predicted molar refractivity (Wildman–Crippen MR) is 105 cm³/mol. The van der Waals surface area contributed by atoms with E-state index in [-0.39, 0.29) is 5.75 Å². The van der Waals surface area contributed by atoms with Crippen LogP contribution in [0.1, 0.15) is 11.3 Å². The summed E-state index contributed by atoms with van der Waals surface area (Å²) in [5.74, 6) is -0.0317. The average Bonchev–Trinajstić information content (AvgIpc) is 3.10. The van der Waals surface area contributed by atoms with E-state index in [0.29, 0.717) is 29.2 Å². The van der Waals surface area contributed by atoms with Gasteiger partial charge in [0, 0.05) is 0 Å². The Morgan fingerprint density at radius 3 is 2.66 bits per heavy atom. The third-order valence-electron chi connectivity index (χ3n) is 4.12. The van der Waals surface area contributed by atoms with Crippen molar-refractivity contribution in [2.75, 3.05) is 0 Å². The first-order valence-corrected chi connectivity index (χ1v) is 9.88. The van der Waals surface area contributed by atoms with Gasteiger partial charge in [0.1, 0.15) is 11.8 Å². The van der Waals surface area contributed by atoms with Gasteiger partial charge in [-0.15, -0.1) is 0 Å². The number of nitrogens with two attached hydrogens (primary N) is 1. The monoisotopic (exact) mass is 406 g/mol. The molecule has 0 atom stereocenters. The summed E-state index contributed by atoms with van der Waals surface area (Å²) in [4.78, 5) is 13.1. The molecule has 3 heterocycles. The molecule has 0 radical (unpaired) electrons. The molecule has 0 spiro atoms. The smallest absolute Gasteiger partial charge is 0.369 e. The van der Waals surface area contributed by atoms with Crippen LogP contribution in [0.15, 0.2) is 61.1 Å². The topological polar surface area (TPSA) is 137 Å². The molecular formula is C19H14N6O3S. The van der Waals surface area contributed by atoms with Crippen LogP contribution < -0.4 is 9.32 Å². The third-order valence-corrected chi connectivity index (χ3v) is 4.55. The van der Waals surface area contributed by atoms with Gasteiger partial charge in [0.2, 0.25) is 0 Å². The number of benzene rings is 1. The lowest BCUT2D eigenvalue weighted by Crippen LogP contribution is -2.19. The normalized spacial score (nSPS) is 11.3. The summed E-state index contributed by atoms with van der Waals surface area (Å²) in [6.07, 6.45) is 2.94. The number of pyridine rings is 2. The highest BCUT2D eigenvalue weighted by Crippen LogP contribution is 2.23. The molecule has 0 fully saturated rings. The second-order valence-electron chi connectivity index (χ2n) is 6.13. The number of imidazole rings is 1. The van der Waals surface area contributed by atoms with Crippen LogP contribution in [0, 0.1) is 11.3 Å². The minimum absolute atomic E-state index is 0.0317. The molecule has 0 unspecified atom stereocenters. The first-order valence-electron chi connectivity index (χ1n) is 8.41. The number of aromatic nitrogens is 4. The summed E-state index contributed by atoms with van der Waals surface area (Å²) in [6.45, 7) is 0.464. The molecule has 0 saturated heterocycles. The lowest BCUT2D eigenvalue weighted by molar-refractivity contribution is 0.486. The number of hydrogen-bond donors (Lipinski definition) is 1. The summed E-state index contributed by atoms with van der Waals surface area (Å²) in [5, 5.41) is 14.3.